The highest BCUT2D eigenvalue weighted by Crippen LogP contribution is 2.42. The van der Waals surface area contributed by atoms with Gasteiger partial charge in [-0.3, -0.25) is 9.58 Å². The largest absolute Gasteiger partial charge is 0.381 e. The molecule has 3 fully saturated rings. The molecule has 0 aliphatic carbocycles. The molecule has 0 N–H and O–H groups in total. The summed E-state index contributed by atoms with van der Waals surface area (Å²) in [5.74, 6) is 1.27. The number of rotatable bonds is 6. The average Bonchev–Trinajstić information content (AvgIpc) is 3.23. The van der Waals surface area contributed by atoms with Crippen LogP contribution in [0.2, 0.25) is 0 Å². The molecule has 2 atom stereocenters. The molecule has 1 aromatic heterocycles. The minimum absolute atomic E-state index is 0.188. The third kappa shape index (κ3) is 3.52. The summed E-state index contributed by atoms with van der Waals surface area (Å²) in [6.45, 7) is 8.37. The molecule has 3 aliphatic rings. The lowest BCUT2D eigenvalue weighted by atomic mass is 9.82. The van der Waals surface area contributed by atoms with E-state index in [0.717, 1.165) is 72.1 Å². The number of likely N-dealkylation sites (tertiary alicyclic amines) is 1. The first-order valence-corrected chi connectivity index (χ1v) is 9.17. The standard InChI is InChI=1S/C18H29N3O3/c1-20-7-16(6-19-20)8-21-9-17-11-24-14-18(17,12-21)13-23-10-15-2-4-22-5-3-15/h6-7,15,17H,2-5,8-14H2,1H3/t17-,18-/m1/s1. The molecule has 24 heavy (non-hydrogen) atoms. The van der Waals surface area contributed by atoms with Crippen LogP contribution in [0.25, 0.3) is 0 Å². The summed E-state index contributed by atoms with van der Waals surface area (Å²) in [6.07, 6.45) is 6.36. The van der Waals surface area contributed by atoms with E-state index in [1.807, 2.05) is 17.9 Å². The zero-order valence-corrected chi connectivity index (χ0v) is 14.7. The van der Waals surface area contributed by atoms with Gasteiger partial charge in [0.1, 0.15) is 0 Å². The molecule has 1 aromatic rings. The summed E-state index contributed by atoms with van der Waals surface area (Å²) < 4.78 is 19.3. The third-order valence-corrected chi connectivity index (χ3v) is 5.84. The summed E-state index contributed by atoms with van der Waals surface area (Å²) >= 11 is 0. The van der Waals surface area contributed by atoms with E-state index in [1.54, 1.807) is 0 Å². The van der Waals surface area contributed by atoms with E-state index in [2.05, 4.69) is 16.2 Å². The Balaban J connectivity index is 1.30. The monoisotopic (exact) mass is 335 g/mol. The predicted molar refractivity (Wildman–Crippen MR) is 89.6 cm³/mol. The van der Waals surface area contributed by atoms with Gasteiger partial charge in [-0.15, -0.1) is 0 Å². The Hall–Kier alpha value is -0.950. The third-order valence-electron chi connectivity index (χ3n) is 5.84. The van der Waals surface area contributed by atoms with Gasteiger partial charge in [-0.2, -0.15) is 5.10 Å². The summed E-state index contributed by atoms with van der Waals surface area (Å²) in [7, 11) is 1.97. The average molecular weight is 335 g/mol. The lowest BCUT2D eigenvalue weighted by Gasteiger charge is -2.29. The highest BCUT2D eigenvalue weighted by molar-refractivity contribution is 5.07. The van der Waals surface area contributed by atoms with Crippen LogP contribution in [-0.2, 0) is 27.8 Å². The lowest BCUT2D eigenvalue weighted by Crippen LogP contribution is -2.36. The van der Waals surface area contributed by atoms with Crippen LogP contribution in [0.3, 0.4) is 0 Å². The maximum Gasteiger partial charge on any atom is 0.0561 e. The number of nitrogens with zero attached hydrogens (tertiary/aromatic N) is 3. The van der Waals surface area contributed by atoms with Gasteiger partial charge in [-0.05, 0) is 18.8 Å². The quantitative estimate of drug-likeness (QED) is 0.785. The molecule has 3 aliphatic heterocycles. The fraction of sp³-hybridized carbons (Fsp3) is 0.833. The Labute approximate surface area is 144 Å². The van der Waals surface area contributed by atoms with Gasteiger partial charge in [0.2, 0.25) is 0 Å². The van der Waals surface area contributed by atoms with Gasteiger partial charge >= 0.3 is 0 Å². The molecule has 0 spiro atoms. The van der Waals surface area contributed by atoms with Crippen molar-refractivity contribution in [2.75, 3.05) is 52.7 Å². The fourth-order valence-corrected chi connectivity index (χ4v) is 4.42. The van der Waals surface area contributed by atoms with Crippen molar-refractivity contribution in [1.29, 1.82) is 0 Å². The zero-order valence-electron chi connectivity index (χ0n) is 14.7. The van der Waals surface area contributed by atoms with Gasteiger partial charge in [0.25, 0.3) is 0 Å². The van der Waals surface area contributed by atoms with Gasteiger partial charge in [-0.25, -0.2) is 0 Å². The van der Waals surface area contributed by atoms with Crippen molar-refractivity contribution in [3.63, 3.8) is 0 Å². The summed E-state index contributed by atoms with van der Waals surface area (Å²) in [5.41, 5.74) is 1.48. The SMILES string of the molecule is Cn1cc(CN2C[C@@H]3COC[C@]3(COCC3CCOCC3)C2)cn1. The van der Waals surface area contributed by atoms with E-state index in [4.69, 9.17) is 14.2 Å². The molecule has 0 saturated carbocycles. The van der Waals surface area contributed by atoms with E-state index in [0.29, 0.717) is 11.8 Å². The lowest BCUT2D eigenvalue weighted by molar-refractivity contribution is -0.0157. The molecule has 0 bridgehead atoms. The van der Waals surface area contributed by atoms with E-state index < -0.39 is 0 Å². The number of ether oxygens (including phenoxy) is 3. The van der Waals surface area contributed by atoms with E-state index in [1.165, 1.54) is 5.56 Å². The number of hydrogen-bond acceptors (Lipinski definition) is 5. The van der Waals surface area contributed by atoms with E-state index >= 15 is 0 Å². The van der Waals surface area contributed by atoms with Crippen molar-refractivity contribution < 1.29 is 14.2 Å². The topological polar surface area (TPSA) is 48.8 Å². The van der Waals surface area contributed by atoms with Crippen LogP contribution in [0.15, 0.2) is 12.4 Å². The number of aryl methyl sites for hydroxylation is 1. The molecule has 0 amide bonds. The Morgan fingerprint density at radius 1 is 1.33 bits per heavy atom. The second-order valence-electron chi connectivity index (χ2n) is 7.84. The van der Waals surface area contributed by atoms with Crippen molar-refractivity contribution in [3.05, 3.63) is 18.0 Å². The highest BCUT2D eigenvalue weighted by Gasteiger charge is 2.50. The molecule has 6 nitrogen and oxygen atoms in total. The summed E-state index contributed by atoms with van der Waals surface area (Å²) in [4.78, 5) is 2.54. The summed E-state index contributed by atoms with van der Waals surface area (Å²) in [6, 6.07) is 0. The molecule has 0 radical (unpaired) electrons. The van der Waals surface area contributed by atoms with Crippen LogP contribution in [0, 0.1) is 17.3 Å². The number of aromatic nitrogens is 2. The maximum absolute atomic E-state index is 6.19. The Kier molecular flexibility index (Phi) is 4.90. The Morgan fingerprint density at radius 2 is 2.21 bits per heavy atom. The molecule has 4 rings (SSSR count). The first kappa shape index (κ1) is 16.5. The number of hydrogen-bond donors (Lipinski definition) is 0. The van der Waals surface area contributed by atoms with Crippen molar-refractivity contribution in [1.82, 2.24) is 14.7 Å². The Morgan fingerprint density at radius 3 is 3.00 bits per heavy atom. The van der Waals surface area contributed by atoms with Crippen LogP contribution in [0.4, 0.5) is 0 Å². The van der Waals surface area contributed by atoms with Gasteiger partial charge in [0, 0.05) is 69.6 Å². The molecule has 134 valence electrons. The normalized spacial score (nSPS) is 31.6. The summed E-state index contributed by atoms with van der Waals surface area (Å²) in [5, 5.41) is 4.28. The minimum Gasteiger partial charge on any atom is -0.381 e. The predicted octanol–water partition coefficient (Wildman–Crippen LogP) is 1.31. The second kappa shape index (κ2) is 7.12. The molecule has 4 heterocycles. The maximum atomic E-state index is 6.19. The molecule has 3 saturated heterocycles. The van der Waals surface area contributed by atoms with Crippen LogP contribution in [0.1, 0.15) is 18.4 Å². The van der Waals surface area contributed by atoms with E-state index in [9.17, 15) is 0 Å². The first-order chi connectivity index (χ1) is 11.7. The van der Waals surface area contributed by atoms with Gasteiger partial charge < -0.3 is 14.2 Å². The van der Waals surface area contributed by atoms with Crippen molar-refractivity contribution >= 4 is 0 Å². The second-order valence-corrected chi connectivity index (χ2v) is 7.84. The van der Waals surface area contributed by atoms with Crippen LogP contribution >= 0.6 is 0 Å². The molecule has 0 unspecified atom stereocenters. The Bertz CT molecular complexity index is 543. The fourth-order valence-electron chi connectivity index (χ4n) is 4.42. The van der Waals surface area contributed by atoms with Crippen LogP contribution in [0.5, 0.6) is 0 Å². The zero-order chi connectivity index (χ0) is 16.4. The molecule has 0 aromatic carbocycles. The van der Waals surface area contributed by atoms with Crippen molar-refractivity contribution in [2.45, 2.75) is 19.4 Å². The van der Waals surface area contributed by atoms with E-state index in [-0.39, 0.29) is 5.41 Å². The molecular weight excluding hydrogens is 306 g/mol. The number of fused-ring (bicyclic) bond motifs is 1. The molecule has 6 heteroatoms. The highest BCUT2D eigenvalue weighted by atomic mass is 16.5. The van der Waals surface area contributed by atoms with Crippen molar-refractivity contribution in [3.8, 4) is 0 Å². The van der Waals surface area contributed by atoms with Gasteiger partial charge in [-0.1, -0.05) is 0 Å². The van der Waals surface area contributed by atoms with Crippen LogP contribution in [-0.4, -0.2) is 67.4 Å². The van der Waals surface area contributed by atoms with Gasteiger partial charge in [0.15, 0.2) is 0 Å². The van der Waals surface area contributed by atoms with Crippen molar-refractivity contribution in [2.24, 2.45) is 24.3 Å². The minimum atomic E-state index is 0.188. The molecular formula is C18H29N3O3. The first-order valence-electron chi connectivity index (χ1n) is 9.17. The van der Waals surface area contributed by atoms with Crippen LogP contribution < -0.4 is 0 Å². The smallest absolute Gasteiger partial charge is 0.0561 e. The van der Waals surface area contributed by atoms with Gasteiger partial charge in [0.05, 0.1) is 26.0 Å².